The molecular weight excluding hydrogens is 184 g/mol. The van der Waals surface area contributed by atoms with E-state index in [1.165, 1.54) is 0 Å². The highest BCUT2D eigenvalue weighted by Gasteiger charge is 2.31. The molecule has 0 atom stereocenters. The topological polar surface area (TPSA) is 34.1 Å². The van der Waals surface area contributed by atoms with Crippen molar-refractivity contribution in [3.8, 4) is 0 Å². The molecule has 0 aromatic heterocycles. The lowest BCUT2D eigenvalue weighted by Gasteiger charge is -2.02. The fourth-order valence-corrected chi connectivity index (χ4v) is 0.590. The molecule has 0 heterocycles. The Balaban J connectivity index is 3.80. The Morgan fingerprint density at radius 3 is 2.00 bits per heavy atom. The normalized spacial score (nSPS) is 11.3. The summed E-state index contributed by atoms with van der Waals surface area (Å²) in [6, 6.07) is 0. The average molecular weight is 189 g/mol. The van der Waals surface area contributed by atoms with Crippen molar-refractivity contribution in [2.75, 3.05) is 0 Å². The van der Waals surface area contributed by atoms with Crippen LogP contribution in [-0.2, 0) is 9.59 Å². The SMILES string of the molecule is O=C(Cl)CC(=O)CC(F)(F)F. The van der Waals surface area contributed by atoms with Crippen LogP contribution in [0.3, 0.4) is 0 Å². The van der Waals surface area contributed by atoms with Gasteiger partial charge in [0.05, 0.1) is 6.42 Å². The monoisotopic (exact) mass is 188 g/mol. The molecule has 0 aliphatic heterocycles. The van der Waals surface area contributed by atoms with Gasteiger partial charge in [0.15, 0.2) is 5.78 Å². The average Bonchev–Trinajstić information content (AvgIpc) is 1.53. The van der Waals surface area contributed by atoms with Crippen molar-refractivity contribution in [1.29, 1.82) is 0 Å². The van der Waals surface area contributed by atoms with E-state index in [1.54, 1.807) is 0 Å². The molecule has 64 valence electrons. The van der Waals surface area contributed by atoms with Crippen LogP contribution in [0.25, 0.3) is 0 Å². The third-order valence-corrected chi connectivity index (χ3v) is 0.867. The molecule has 6 heteroatoms. The number of rotatable bonds is 3. The number of Topliss-reactive ketones (excluding diaryl/α,β-unsaturated/α-hetero) is 1. The highest BCUT2D eigenvalue weighted by Crippen LogP contribution is 2.20. The maximum absolute atomic E-state index is 11.4. The first-order valence-electron chi connectivity index (χ1n) is 2.58. The van der Waals surface area contributed by atoms with Gasteiger partial charge in [-0.2, -0.15) is 13.2 Å². The van der Waals surface area contributed by atoms with E-state index in [2.05, 4.69) is 11.6 Å². The third kappa shape index (κ3) is 7.32. The number of ketones is 1. The van der Waals surface area contributed by atoms with Crippen molar-refractivity contribution in [3.05, 3.63) is 0 Å². The van der Waals surface area contributed by atoms with Crippen LogP contribution in [0.4, 0.5) is 13.2 Å². The Labute approximate surface area is 65.3 Å². The van der Waals surface area contributed by atoms with Crippen molar-refractivity contribution in [3.63, 3.8) is 0 Å². The Morgan fingerprint density at radius 1 is 1.27 bits per heavy atom. The summed E-state index contributed by atoms with van der Waals surface area (Å²) in [5.74, 6) is -1.21. The summed E-state index contributed by atoms with van der Waals surface area (Å²) in [5, 5.41) is -1.07. The van der Waals surface area contributed by atoms with E-state index < -0.39 is 30.0 Å². The van der Waals surface area contributed by atoms with Crippen LogP contribution in [0.2, 0.25) is 0 Å². The number of carbonyl (C=O) groups excluding carboxylic acids is 2. The van der Waals surface area contributed by atoms with E-state index in [9.17, 15) is 22.8 Å². The molecule has 11 heavy (non-hydrogen) atoms. The van der Waals surface area contributed by atoms with Gasteiger partial charge in [-0.15, -0.1) is 0 Å². The molecule has 0 aliphatic rings. The molecule has 0 rings (SSSR count). The summed E-state index contributed by atoms with van der Waals surface area (Å²) in [5.41, 5.74) is 0. The van der Waals surface area contributed by atoms with E-state index in [0.29, 0.717) is 0 Å². The zero-order valence-corrected chi connectivity index (χ0v) is 6.00. The minimum atomic E-state index is -4.55. The number of halogens is 4. The molecule has 0 bridgehead atoms. The summed E-state index contributed by atoms with van der Waals surface area (Å²) in [6.45, 7) is 0. The predicted molar refractivity (Wildman–Crippen MR) is 31.2 cm³/mol. The number of carbonyl (C=O) groups is 2. The van der Waals surface area contributed by atoms with Gasteiger partial charge in [-0.1, -0.05) is 0 Å². The molecular formula is C5H4ClF3O2. The van der Waals surface area contributed by atoms with Crippen LogP contribution in [0, 0.1) is 0 Å². The quantitative estimate of drug-likeness (QED) is 0.499. The Kier molecular flexibility index (Phi) is 3.51. The summed E-state index contributed by atoms with van der Waals surface area (Å²) in [4.78, 5) is 20.2. The van der Waals surface area contributed by atoms with Crippen molar-refractivity contribution in [1.82, 2.24) is 0 Å². The molecule has 0 saturated heterocycles. The lowest BCUT2D eigenvalue weighted by atomic mass is 10.2. The maximum Gasteiger partial charge on any atom is 0.395 e. The fraction of sp³-hybridized carbons (Fsp3) is 0.600. The van der Waals surface area contributed by atoms with Crippen molar-refractivity contribution in [2.45, 2.75) is 19.0 Å². The van der Waals surface area contributed by atoms with Crippen LogP contribution >= 0.6 is 11.6 Å². The second-order valence-corrected chi connectivity index (χ2v) is 2.28. The molecule has 0 unspecified atom stereocenters. The Hall–Kier alpha value is -0.580. The van der Waals surface area contributed by atoms with Gasteiger partial charge >= 0.3 is 6.18 Å². The lowest BCUT2D eigenvalue weighted by molar-refractivity contribution is -0.152. The number of hydrogen-bond acceptors (Lipinski definition) is 2. The largest absolute Gasteiger partial charge is 0.395 e. The first-order valence-corrected chi connectivity index (χ1v) is 2.96. The molecule has 0 aromatic carbocycles. The molecule has 0 amide bonds. The number of hydrogen-bond donors (Lipinski definition) is 0. The van der Waals surface area contributed by atoms with Gasteiger partial charge in [0.2, 0.25) is 5.24 Å². The first-order chi connectivity index (χ1) is 4.81. The number of alkyl halides is 3. The highest BCUT2D eigenvalue weighted by atomic mass is 35.5. The Morgan fingerprint density at radius 2 is 1.73 bits per heavy atom. The molecule has 0 fully saturated rings. The second-order valence-electron chi connectivity index (χ2n) is 1.86. The maximum atomic E-state index is 11.4. The third-order valence-electron chi connectivity index (χ3n) is 0.734. The predicted octanol–water partition coefficient (Wildman–Crippen LogP) is 1.66. The minimum Gasteiger partial charge on any atom is -0.299 e. The van der Waals surface area contributed by atoms with Crippen molar-refractivity contribution in [2.24, 2.45) is 0 Å². The van der Waals surface area contributed by atoms with Gasteiger partial charge in [-0.05, 0) is 11.6 Å². The smallest absolute Gasteiger partial charge is 0.299 e. The molecule has 2 nitrogen and oxygen atoms in total. The summed E-state index contributed by atoms with van der Waals surface area (Å²) in [7, 11) is 0. The van der Waals surface area contributed by atoms with Crippen LogP contribution in [-0.4, -0.2) is 17.2 Å². The minimum absolute atomic E-state index is 0.860. The van der Waals surface area contributed by atoms with E-state index in [0.717, 1.165) is 0 Å². The van der Waals surface area contributed by atoms with Crippen LogP contribution in [0.5, 0.6) is 0 Å². The summed E-state index contributed by atoms with van der Waals surface area (Å²) >= 11 is 4.67. The molecule has 0 spiro atoms. The lowest BCUT2D eigenvalue weighted by Crippen LogP contribution is -2.16. The van der Waals surface area contributed by atoms with Crippen LogP contribution in [0.15, 0.2) is 0 Å². The highest BCUT2D eigenvalue weighted by molar-refractivity contribution is 6.64. The van der Waals surface area contributed by atoms with Gasteiger partial charge in [-0.25, -0.2) is 0 Å². The Bertz CT molecular complexity index is 175. The first kappa shape index (κ1) is 10.4. The molecule has 0 radical (unpaired) electrons. The summed E-state index contributed by atoms with van der Waals surface area (Å²) in [6.07, 6.45) is -7.00. The molecule has 0 aromatic rings. The van der Waals surface area contributed by atoms with E-state index in [4.69, 9.17) is 0 Å². The van der Waals surface area contributed by atoms with Gasteiger partial charge in [0, 0.05) is 0 Å². The van der Waals surface area contributed by atoms with Crippen LogP contribution in [0.1, 0.15) is 12.8 Å². The van der Waals surface area contributed by atoms with Gasteiger partial charge in [0.1, 0.15) is 6.42 Å². The second kappa shape index (κ2) is 3.71. The fourth-order valence-electron chi connectivity index (χ4n) is 0.441. The van der Waals surface area contributed by atoms with Gasteiger partial charge < -0.3 is 0 Å². The zero-order valence-electron chi connectivity index (χ0n) is 5.24. The molecule has 0 saturated carbocycles. The van der Waals surface area contributed by atoms with Crippen LogP contribution < -0.4 is 0 Å². The van der Waals surface area contributed by atoms with Crippen molar-refractivity contribution < 1.29 is 22.8 Å². The van der Waals surface area contributed by atoms with E-state index in [-0.39, 0.29) is 0 Å². The molecule has 0 aliphatic carbocycles. The summed E-state index contributed by atoms with van der Waals surface area (Å²) < 4.78 is 34.1. The van der Waals surface area contributed by atoms with E-state index >= 15 is 0 Å². The van der Waals surface area contributed by atoms with Gasteiger partial charge in [-0.3, -0.25) is 9.59 Å². The molecule has 0 N–H and O–H groups in total. The van der Waals surface area contributed by atoms with E-state index in [1.807, 2.05) is 0 Å². The van der Waals surface area contributed by atoms with Gasteiger partial charge in [0.25, 0.3) is 0 Å². The zero-order chi connectivity index (χ0) is 9.07. The standard InChI is InChI=1S/C5H4ClF3O2/c6-4(11)1-3(10)2-5(7,8)9/h1-2H2. The van der Waals surface area contributed by atoms with Crippen molar-refractivity contribution >= 4 is 22.6 Å².